The molecule has 1 atom stereocenters. The Morgan fingerprint density at radius 2 is 2.12 bits per heavy atom. The number of aromatic nitrogens is 2. The third-order valence-electron chi connectivity index (χ3n) is 4.60. The molecule has 132 valence electrons. The van der Waals surface area contributed by atoms with E-state index < -0.39 is 0 Å². The highest BCUT2D eigenvalue weighted by molar-refractivity contribution is 6.30. The number of halogens is 1. The van der Waals surface area contributed by atoms with Gasteiger partial charge in [-0.3, -0.25) is 4.79 Å². The van der Waals surface area contributed by atoms with Crippen LogP contribution >= 0.6 is 11.6 Å². The van der Waals surface area contributed by atoms with Gasteiger partial charge >= 0.3 is 0 Å². The van der Waals surface area contributed by atoms with Crippen LogP contribution in [0.2, 0.25) is 5.02 Å². The zero-order valence-electron chi connectivity index (χ0n) is 14.3. The minimum absolute atomic E-state index is 0.0468. The van der Waals surface area contributed by atoms with Crippen molar-refractivity contribution in [3.05, 3.63) is 71.0 Å². The van der Waals surface area contributed by atoms with E-state index >= 15 is 0 Å². The number of carbonyl (C=O) groups excluding carboxylic acids is 1. The first-order valence-electron chi connectivity index (χ1n) is 8.46. The second kappa shape index (κ2) is 6.84. The van der Waals surface area contributed by atoms with Gasteiger partial charge in [-0.15, -0.1) is 0 Å². The van der Waals surface area contributed by atoms with Crippen LogP contribution in [0.15, 0.2) is 54.7 Å². The number of hydrogen-bond donors (Lipinski definition) is 1. The molecule has 2 heterocycles. The number of fused-ring (bicyclic) bond motifs is 1. The molecule has 1 amide bonds. The number of para-hydroxylation sites is 1. The van der Waals surface area contributed by atoms with Crippen molar-refractivity contribution in [1.82, 2.24) is 9.78 Å². The second-order valence-corrected chi connectivity index (χ2v) is 6.69. The maximum absolute atomic E-state index is 12.9. The predicted octanol–water partition coefficient (Wildman–Crippen LogP) is 4.34. The topological polar surface area (TPSA) is 56.1 Å². The van der Waals surface area contributed by atoms with Crippen LogP contribution in [0.4, 0.5) is 5.69 Å². The first-order chi connectivity index (χ1) is 12.6. The van der Waals surface area contributed by atoms with E-state index in [-0.39, 0.29) is 11.8 Å². The van der Waals surface area contributed by atoms with Crippen molar-refractivity contribution in [2.75, 3.05) is 11.9 Å². The van der Waals surface area contributed by atoms with Gasteiger partial charge in [0.05, 0.1) is 35.8 Å². The molecule has 1 aliphatic rings. The molecule has 0 fully saturated rings. The monoisotopic (exact) mass is 367 g/mol. The van der Waals surface area contributed by atoms with Gasteiger partial charge < -0.3 is 10.1 Å². The Balaban J connectivity index is 1.58. The predicted molar refractivity (Wildman–Crippen MR) is 101 cm³/mol. The molecule has 0 spiro atoms. The van der Waals surface area contributed by atoms with Crippen molar-refractivity contribution < 1.29 is 9.53 Å². The lowest BCUT2D eigenvalue weighted by Gasteiger charge is -2.25. The van der Waals surface area contributed by atoms with Gasteiger partial charge in [0.25, 0.3) is 0 Å². The van der Waals surface area contributed by atoms with E-state index in [9.17, 15) is 4.79 Å². The molecule has 3 aromatic rings. The summed E-state index contributed by atoms with van der Waals surface area (Å²) in [6, 6.07) is 15.1. The van der Waals surface area contributed by atoms with E-state index in [0.717, 1.165) is 22.7 Å². The van der Waals surface area contributed by atoms with Crippen LogP contribution < -0.4 is 10.1 Å². The lowest BCUT2D eigenvalue weighted by atomic mass is 9.92. The Kier molecular flexibility index (Phi) is 4.39. The number of nitrogens with one attached hydrogen (secondary N) is 1. The third kappa shape index (κ3) is 3.06. The van der Waals surface area contributed by atoms with Crippen LogP contribution in [0.1, 0.15) is 23.6 Å². The fourth-order valence-electron chi connectivity index (χ4n) is 3.23. The van der Waals surface area contributed by atoms with E-state index in [1.165, 1.54) is 0 Å². The number of amides is 1. The van der Waals surface area contributed by atoms with Gasteiger partial charge in [0.1, 0.15) is 5.75 Å². The summed E-state index contributed by atoms with van der Waals surface area (Å²) in [5.41, 5.74) is 3.32. The first kappa shape index (κ1) is 16.7. The van der Waals surface area contributed by atoms with Crippen molar-refractivity contribution in [2.24, 2.45) is 0 Å². The standard InChI is InChI=1S/C20H18ClN3O2/c1-13-18(12-22-24(13)15-6-4-5-14(21)11-15)23-20(25)17-9-10-26-19-8-3-2-7-16(17)19/h2-8,11-12,17H,9-10H2,1H3,(H,23,25)/t17-/m0/s1. The van der Waals surface area contributed by atoms with E-state index in [1.807, 2.05) is 55.5 Å². The van der Waals surface area contributed by atoms with Gasteiger partial charge in [-0.05, 0) is 37.6 Å². The number of carbonyl (C=O) groups is 1. The van der Waals surface area contributed by atoms with Gasteiger partial charge in [-0.2, -0.15) is 5.10 Å². The van der Waals surface area contributed by atoms with E-state index in [1.54, 1.807) is 10.9 Å². The maximum atomic E-state index is 12.9. The van der Waals surface area contributed by atoms with Crippen LogP contribution in [0.5, 0.6) is 5.75 Å². The first-order valence-corrected chi connectivity index (χ1v) is 8.84. The van der Waals surface area contributed by atoms with Crippen molar-refractivity contribution >= 4 is 23.2 Å². The zero-order chi connectivity index (χ0) is 18.1. The molecular weight excluding hydrogens is 350 g/mol. The number of nitrogens with zero attached hydrogens (tertiary/aromatic N) is 2. The fraction of sp³-hybridized carbons (Fsp3) is 0.200. The summed E-state index contributed by atoms with van der Waals surface area (Å²) in [5.74, 6) is 0.508. The molecule has 0 unspecified atom stereocenters. The Bertz CT molecular complexity index is 967. The van der Waals surface area contributed by atoms with Gasteiger partial charge in [0.2, 0.25) is 5.91 Å². The molecule has 1 aliphatic heterocycles. The normalized spacial score (nSPS) is 15.8. The van der Waals surface area contributed by atoms with Gasteiger partial charge in [-0.1, -0.05) is 35.9 Å². The molecule has 0 bridgehead atoms. The molecule has 2 aromatic carbocycles. The maximum Gasteiger partial charge on any atom is 0.232 e. The number of anilines is 1. The molecule has 1 aromatic heterocycles. The highest BCUT2D eigenvalue weighted by Crippen LogP contribution is 2.34. The molecule has 4 rings (SSSR count). The van der Waals surface area contributed by atoms with E-state index in [4.69, 9.17) is 16.3 Å². The Morgan fingerprint density at radius 3 is 2.96 bits per heavy atom. The van der Waals surface area contributed by atoms with Crippen LogP contribution in [-0.2, 0) is 4.79 Å². The minimum atomic E-state index is -0.228. The van der Waals surface area contributed by atoms with Crippen molar-refractivity contribution in [1.29, 1.82) is 0 Å². The van der Waals surface area contributed by atoms with Gasteiger partial charge in [0.15, 0.2) is 0 Å². The summed E-state index contributed by atoms with van der Waals surface area (Å²) in [5, 5.41) is 8.04. The smallest absolute Gasteiger partial charge is 0.232 e. The molecule has 0 saturated heterocycles. The van der Waals surface area contributed by atoms with Gasteiger partial charge in [-0.25, -0.2) is 4.68 Å². The Labute approximate surface area is 156 Å². The molecule has 1 N–H and O–H groups in total. The Hall–Kier alpha value is -2.79. The molecular formula is C20H18ClN3O2. The SMILES string of the molecule is Cc1c(NC(=O)[C@H]2CCOc3ccccc32)cnn1-c1cccc(Cl)c1. The summed E-state index contributed by atoms with van der Waals surface area (Å²) < 4.78 is 7.41. The van der Waals surface area contributed by atoms with E-state index in [0.29, 0.717) is 23.7 Å². The van der Waals surface area contributed by atoms with Crippen molar-refractivity contribution in [3.63, 3.8) is 0 Å². The average Bonchev–Trinajstić information content (AvgIpc) is 3.01. The van der Waals surface area contributed by atoms with Crippen LogP contribution in [-0.4, -0.2) is 22.3 Å². The van der Waals surface area contributed by atoms with E-state index in [2.05, 4.69) is 10.4 Å². The highest BCUT2D eigenvalue weighted by atomic mass is 35.5. The molecule has 26 heavy (non-hydrogen) atoms. The van der Waals surface area contributed by atoms with Gasteiger partial charge in [0, 0.05) is 10.6 Å². The molecule has 0 radical (unpaired) electrons. The summed E-state index contributed by atoms with van der Waals surface area (Å²) >= 11 is 6.06. The zero-order valence-corrected chi connectivity index (χ0v) is 15.0. The number of benzene rings is 2. The third-order valence-corrected chi connectivity index (χ3v) is 4.83. The average molecular weight is 368 g/mol. The summed E-state index contributed by atoms with van der Waals surface area (Å²) in [4.78, 5) is 12.9. The quantitative estimate of drug-likeness (QED) is 0.749. The molecule has 0 saturated carbocycles. The van der Waals surface area contributed by atoms with Crippen LogP contribution in [0.3, 0.4) is 0 Å². The lowest BCUT2D eigenvalue weighted by molar-refractivity contribution is -0.118. The number of rotatable bonds is 3. The summed E-state index contributed by atoms with van der Waals surface area (Å²) in [7, 11) is 0. The summed E-state index contributed by atoms with van der Waals surface area (Å²) in [6.07, 6.45) is 2.32. The molecule has 6 heteroatoms. The number of ether oxygens (including phenoxy) is 1. The molecule has 0 aliphatic carbocycles. The van der Waals surface area contributed by atoms with Crippen molar-refractivity contribution in [2.45, 2.75) is 19.3 Å². The van der Waals surface area contributed by atoms with Crippen LogP contribution in [0, 0.1) is 6.92 Å². The minimum Gasteiger partial charge on any atom is -0.493 e. The second-order valence-electron chi connectivity index (χ2n) is 6.25. The largest absolute Gasteiger partial charge is 0.493 e. The number of hydrogen-bond acceptors (Lipinski definition) is 3. The lowest BCUT2D eigenvalue weighted by Crippen LogP contribution is -2.26. The fourth-order valence-corrected chi connectivity index (χ4v) is 3.42. The van der Waals surface area contributed by atoms with Crippen LogP contribution in [0.25, 0.3) is 5.69 Å². The Morgan fingerprint density at radius 1 is 1.27 bits per heavy atom. The summed E-state index contributed by atoms with van der Waals surface area (Å²) in [6.45, 7) is 2.46. The highest BCUT2D eigenvalue weighted by Gasteiger charge is 2.28. The van der Waals surface area contributed by atoms with Crippen molar-refractivity contribution in [3.8, 4) is 11.4 Å². The molecule has 5 nitrogen and oxygen atoms in total.